The van der Waals surface area contributed by atoms with Gasteiger partial charge in [-0.25, -0.2) is 0 Å². The second-order valence-corrected chi connectivity index (χ2v) is 7.22. The van der Waals surface area contributed by atoms with Crippen molar-refractivity contribution < 1.29 is 5.11 Å². The van der Waals surface area contributed by atoms with Crippen LogP contribution in [0.15, 0.2) is 12.2 Å². The average Bonchev–Trinajstić information content (AvgIpc) is 2.29. The van der Waals surface area contributed by atoms with Crippen molar-refractivity contribution in [3.05, 3.63) is 12.2 Å². The van der Waals surface area contributed by atoms with E-state index in [1.165, 1.54) is 12.8 Å². The Bertz CT molecular complexity index is 330. The Hall–Kier alpha value is -0.300. The van der Waals surface area contributed by atoms with Gasteiger partial charge in [0.25, 0.3) is 0 Å². The van der Waals surface area contributed by atoms with Crippen molar-refractivity contribution in [3.8, 4) is 0 Å². The fourth-order valence-corrected chi connectivity index (χ4v) is 4.39. The Kier molecular flexibility index (Phi) is 2.12. The topological polar surface area (TPSA) is 20.2 Å². The van der Waals surface area contributed by atoms with Crippen LogP contribution in [0.2, 0.25) is 0 Å². The summed E-state index contributed by atoms with van der Waals surface area (Å²) >= 11 is 0. The van der Waals surface area contributed by atoms with E-state index >= 15 is 0 Å². The van der Waals surface area contributed by atoms with Crippen LogP contribution in [-0.4, -0.2) is 10.7 Å². The number of rotatable bonds is 0. The molecule has 0 spiro atoms. The molecule has 0 aliphatic heterocycles. The van der Waals surface area contributed by atoms with E-state index in [1.807, 2.05) is 0 Å². The normalized spacial score (nSPS) is 53.8. The smallest absolute Gasteiger partial charge is 0.0831 e. The lowest BCUT2D eigenvalue weighted by Crippen LogP contribution is -2.48. The van der Waals surface area contributed by atoms with E-state index in [0.717, 1.165) is 36.5 Å². The molecular weight excluding hydrogens is 196 g/mol. The van der Waals surface area contributed by atoms with Crippen molar-refractivity contribution in [3.63, 3.8) is 0 Å². The number of fused-ring (bicyclic) bond motifs is 4. The third-order valence-corrected chi connectivity index (χ3v) is 5.72. The zero-order valence-corrected chi connectivity index (χ0v) is 10.7. The van der Waals surface area contributed by atoms with Gasteiger partial charge in [0, 0.05) is 0 Å². The Morgan fingerprint density at radius 3 is 2.69 bits per heavy atom. The minimum absolute atomic E-state index is 0.432. The fraction of sp³-hybridized carbons (Fsp3) is 0.867. The highest BCUT2D eigenvalue weighted by Gasteiger charge is 2.53. The molecular formula is C15H24O. The number of hydrogen-bond acceptors (Lipinski definition) is 1. The molecule has 0 radical (unpaired) electrons. The van der Waals surface area contributed by atoms with Crippen LogP contribution in [0.4, 0.5) is 0 Å². The van der Waals surface area contributed by atoms with Crippen molar-refractivity contribution in [1.82, 2.24) is 0 Å². The fourth-order valence-electron chi connectivity index (χ4n) is 4.39. The lowest BCUT2D eigenvalue weighted by molar-refractivity contribution is -0.0746. The lowest BCUT2D eigenvalue weighted by Gasteiger charge is -2.53. The Morgan fingerprint density at radius 2 is 2.00 bits per heavy atom. The maximum absolute atomic E-state index is 10.6. The second-order valence-electron chi connectivity index (χ2n) is 7.22. The number of hydrogen-bond donors (Lipinski definition) is 1. The van der Waals surface area contributed by atoms with Crippen LogP contribution in [0.5, 0.6) is 0 Å². The highest BCUT2D eigenvalue weighted by atomic mass is 16.3. The van der Waals surface area contributed by atoms with Gasteiger partial charge in [0.2, 0.25) is 0 Å². The molecule has 1 nitrogen and oxygen atoms in total. The quantitative estimate of drug-likeness (QED) is 0.620. The van der Waals surface area contributed by atoms with E-state index in [0.29, 0.717) is 5.41 Å². The third kappa shape index (κ3) is 1.40. The van der Waals surface area contributed by atoms with E-state index in [1.54, 1.807) is 0 Å². The van der Waals surface area contributed by atoms with Crippen LogP contribution in [0.3, 0.4) is 0 Å². The van der Waals surface area contributed by atoms with Gasteiger partial charge in [-0.15, -0.1) is 0 Å². The molecule has 0 amide bonds. The molecule has 2 fully saturated rings. The predicted molar refractivity (Wildman–Crippen MR) is 66.0 cm³/mol. The summed E-state index contributed by atoms with van der Waals surface area (Å²) in [5, 5.41) is 10.6. The van der Waals surface area contributed by atoms with Crippen molar-refractivity contribution in [2.45, 2.75) is 52.1 Å². The van der Waals surface area contributed by atoms with E-state index in [9.17, 15) is 5.11 Å². The van der Waals surface area contributed by atoms with Crippen molar-refractivity contribution in [2.75, 3.05) is 0 Å². The highest BCUT2D eigenvalue weighted by Crippen LogP contribution is 2.58. The first-order valence-corrected chi connectivity index (χ1v) is 6.83. The molecule has 0 aromatic carbocycles. The molecule has 2 saturated carbocycles. The van der Waals surface area contributed by atoms with Gasteiger partial charge in [-0.2, -0.15) is 0 Å². The maximum Gasteiger partial charge on any atom is 0.0831 e. The Balaban J connectivity index is 1.96. The van der Waals surface area contributed by atoms with E-state index < -0.39 is 5.60 Å². The number of allylic oxidation sites excluding steroid dienone is 1. The minimum atomic E-state index is -0.475. The highest BCUT2D eigenvalue weighted by molar-refractivity contribution is 5.17. The largest absolute Gasteiger partial charge is 0.386 e. The molecule has 3 aliphatic rings. The molecule has 5 atom stereocenters. The van der Waals surface area contributed by atoms with Gasteiger partial charge < -0.3 is 5.11 Å². The lowest BCUT2D eigenvalue weighted by atomic mass is 9.52. The van der Waals surface area contributed by atoms with Crippen LogP contribution < -0.4 is 0 Å². The number of aliphatic hydroxyl groups is 1. The second kappa shape index (κ2) is 3.13. The first-order valence-electron chi connectivity index (χ1n) is 6.83. The van der Waals surface area contributed by atoms with Gasteiger partial charge >= 0.3 is 0 Å². The molecule has 0 aromatic rings. The summed E-state index contributed by atoms with van der Waals surface area (Å²) in [5.41, 5.74) is -0.0431. The molecule has 3 rings (SSSR count). The average molecular weight is 220 g/mol. The molecule has 0 saturated heterocycles. The van der Waals surface area contributed by atoms with E-state index in [4.69, 9.17) is 0 Å². The Morgan fingerprint density at radius 1 is 1.25 bits per heavy atom. The zero-order valence-electron chi connectivity index (χ0n) is 10.7. The van der Waals surface area contributed by atoms with Crippen LogP contribution in [-0.2, 0) is 0 Å². The van der Waals surface area contributed by atoms with E-state index in [2.05, 4.69) is 32.9 Å². The third-order valence-electron chi connectivity index (χ3n) is 5.72. The standard InChI is InChI=1S/C15H24O/c1-10-8-12-11(10)4-5-15(16)7-6-14(2,3)13(12)9-15/h4-5,10-13,16H,6-9H2,1-3H3. The molecule has 3 aliphatic carbocycles. The van der Waals surface area contributed by atoms with Crippen molar-refractivity contribution >= 4 is 0 Å². The van der Waals surface area contributed by atoms with Crippen LogP contribution >= 0.6 is 0 Å². The van der Waals surface area contributed by atoms with Gasteiger partial charge in [-0.3, -0.25) is 0 Å². The van der Waals surface area contributed by atoms with Gasteiger partial charge in [-0.1, -0.05) is 32.9 Å². The van der Waals surface area contributed by atoms with Crippen LogP contribution in [0.25, 0.3) is 0 Å². The van der Waals surface area contributed by atoms with Crippen LogP contribution in [0.1, 0.15) is 46.5 Å². The van der Waals surface area contributed by atoms with Crippen molar-refractivity contribution in [2.24, 2.45) is 29.1 Å². The van der Waals surface area contributed by atoms with Gasteiger partial charge in [0.05, 0.1) is 5.60 Å². The molecule has 0 aromatic heterocycles. The molecule has 90 valence electrons. The molecule has 1 heteroatoms. The van der Waals surface area contributed by atoms with Crippen molar-refractivity contribution in [1.29, 1.82) is 0 Å². The van der Waals surface area contributed by atoms with Crippen LogP contribution in [0, 0.1) is 29.1 Å². The monoisotopic (exact) mass is 220 g/mol. The summed E-state index contributed by atoms with van der Waals surface area (Å²) in [6, 6.07) is 0. The molecule has 1 N–H and O–H groups in total. The van der Waals surface area contributed by atoms with Gasteiger partial charge in [0.1, 0.15) is 0 Å². The first-order chi connectivity index (χ1) is 7.41. The molecule has 0 heterocycles. The first kappa shape index (κ1) is 10.8. The molecule has 2 bridgehead atoms. The molecule has 16 heavy (non-hydrogen) atoms. The molecule has 5 unspecified atom stereocenters. The SMILES string of the molecule is CC1CC2C1C=CC1(O)CCC(C)(C)C2C1. The zero-order chi connectivity index (χ0) is 11.6. The van der Waals surface area contributed by atoms with E-state index in [-0.39, 0.29) is 0 Å². The summed E-state index contributed by atoms with van der Waals surface area (Å²) in [4.78, 5) is 0. The summed E-state index contributed by atoms with van der Waals surface area (Å²) in [5.74, 6) is 3.15. The minimum Gasteiger partial charge on any atom is -0.386 e. The summed E-state index contributed by atoms with van der Waals surface area (Å²) in [6.45, 7) is 7.17. The van der Waals surface area contributed by atoms with Gasteiger partial charge in [0.15, 0.2) is 0 Å². The summed E-state index contributed by atoms with van der Waals surface area (Å²) in [6.07, 6.45) is 8.98. The summed E-state index contributed by atoms with van der Waals surface area (Å²) < 4.78 is 0. The maximum atomic E-state index is 10.6. The predicted octanol–water partition coefficient (Wildman–Crippen LogP) is 3.39. The Labute approximate surface area is 98.9 Å². The summed E-state index contributed by atoms with van der Waals surface area (Å²) in [7, 11) is 0. The van der Waals surface area contributed by atoms with Gasteiger partial charge in [-0.05, 0) is 54.8 Å².